The lowest BCUT2D eigenvalue weighted by molar-refractivity contribution is 0.590. The van der Waals surface area contributed by atoms with Gasteiger partial charge in [0.15, 0.2) is 0 Å². The lowest BCUT2D eigenvalue weighted by Crippen LogP contribution is -2.14. The summed E-state index contributed by atoms with van der Waals surface area (Å²) in [5.41, 5.74) is 23.6. The van der Waals surface area contributed by atoms with E-state index in [9.17, 15) is 10.5 Å². The molecule has 0 aromatic heterocycles. The average Bonchev–Trinajstić information content (AvgIpc) is 3.93. The molecule has 73 heavy (non-hydrogen) atoms. The van der Waals surface area contributed by atoms with Crippen molar-refractivity contribution in [1.82, 2.24) is 0 Å². The fourth-order valence-electron chi connectivity index (χ4n) is 11.4. The van der Waals surface area contributed by atoms with Crippen molar-refractivity contribution in [2.24, 2.45) is 0 Å². The maximum absolute atomic E-state index is 9.87. The second-order valence-corrected chi connectivity index (χ2v) is 21.6. The van der Waals surface area contributed by atoms with Gasteiger partial charge in [-0.1, -0.05) is 151 Å². The van der Waals surface area contributed by atoms with Crippen LogP contribution in [0, 0.1) is 22.7 Å². The van der Waals surface area contributed by atoms with Gasteiger partial charge in [0, 0.05) is 40.0 Å². The normalized spacial score (nSPS) is 13.2. The molecule has 350 valence electrons. The molecule has 0 amide bonds. The lowest BCUT2D eigenvalue weighted by Gasteiger charge is -2.29. The molecule has 0 aliphatic heterocycles. The van der Waals surface area contributed by atoms with Gasteiger partial charge in [-0.2, -0.15) is 10.5 Å². The third kappa shape index (κ3) is 7.75. The van der Waals surface area contributed by atoms with Crippen LogP contribution in [0.4, 0.5) is 34.1 Å². The molecule has 0 bridgehead atoms. The molecule has 12 rings (SSSR count). The Bertz CT molecular complexity index is 3860. The number of hydrogen-bond donors (Lipinski definition) is 0. The van der Waals surface area contributed by atoms with Crippen molar-refractivity contribution in [2.75, 3.05) is 9.80 Å². The molecule has 4 heteroatoms. The highest BCUT2D eigenvalue weighted by Gasteiger charge is 2.36. The van der Waals surface area contributed by atoms with Crippen molar-refractivity contribution in [3.8, 4) is 56.6 Å². The fraction of sp³-hybridized carbons (Fsp3) is 0.130. The number of benzene rings is 10. The number of nitrogens with zero attached hydrogens (tertiary/aromatic N) is 4. The quantitative estimate of drug-likeness (QED) is 0.152. The predicted octanol–water partition coefficient (Wildman–Crippen LogP) is 18.6. The molecule has 0 saturated heterocycles. The van der Waals surface area contributed by atoms with Crippen LogP contribution in [0.3, 0.4) is 0 Å². The van der Waals surface area contributed by atoms with Crippen molar-refractivity contribution in [3.63, 3.8) is 0 Å². The van der Waals surface area contributed by atoms with Crippen molar-refractivity contribution < 1.29 is 0 Å². The Morgan fingerprint density at radius 3 is 1.32 bits per heavy atom. The van der Waals surface area contributed by atoms with Gasteiger partial charge in [0.05, 0.1) is 23.3 Å². The van der Waals surface area contributed by atoms with Crippen LogP contribution in [0.15, 0.2) is 212 Å². The zero-order valence-electron chi connectivity index (χ0n) is 42.1. The molecule has 0 N–H and O–H groups in total. The molecule has 0 spiro atoms. The smallest absolute Gasteiger partial charge is 0.0991 e. The molecule has 10 aromatic rings. The monoisotopic (exact) mass is 938 g/mol. The van der Waals surface area contributed by atoms with Gasteiger partial charge in [0.25, 0.3) is 0 Å². The lowest BCUT2D eigenvalue weighted by atomic mass is 9.82. The Labute approximate surface area is 429 Å². The minimum absolute atomic E-state index is 0.00682. The van der Waals surface area contributed by atoms with Gasteiger partial charge in [0.2, 0.25) is 0 Å². The SMILES string of the molecule is CC(C)(C)c1ccc(N(c2ccc(C#N)cc2)c2ccc(-c3ccc(N(c4ccc(C#N)cc4)c4ccc(C(C)(C)C)cc4)cc3C3c4ccccc4-c4c3cc3c5c(cccc45)-c4ccccc4-3)cc2)cc1. The summed E-state index contributed by atoms with van der Waals surface area (Å²) in [6.07, 6.45) is 0. The Morgan fingerprint density at radius 1 is 0.356 bits per heavy atom. The molecule has 0 radical (unpaired) electrons. The largest absolute Gasteiger partial charge is 0.311 e. The molecule has 4 nitrogen and oxygen atoms in total. The highest BCUT2D eigenvalue weighted by Crippen LogP contribution is 2.58. The van der Waals surface area contributed by atoms with E-state index in [2.05, 4.69) is 239 Å². The first-order valence-electron chi connectivity index (χ1n) is 25.2. The average molecular weight is 939 g/mol. The van der Waals surface area contributed by atoms with Crippen LogP contribution < -0.4 is 9.80 Å². The third-order valence-electron chi connectivity index (χ3n) is 15.1. The molecular formula is C69H54N4. The van der Waals surface area contributed by atoms with E-state index in [0.717, 1.165) is 45.3 Å². The highest BCUT2D eigenvalue weighted by molar-refractivity contribution is 6.20. The summed E-state index contributed by atoms with van der Waals surface area (Å²) < 4.78 is 0. The van der Waals surface area contributed by atoms with E-state index in [1.807, 2.05) is 36.4 Å². The Kier molecular flexibility index (Phi) is 10.8. The van der Waals surface area contributed by atoms with Crippen LogP contribution in [0.1, 0.15) is 86.4 Å². The molecular weight excluding hydrogens is 885 g/mol. The van der Waals surface area contributed by atoms with Gasteiger partial charge in [0.1, 0.15) is 0 Å². The van der Waals surface area contributed by atoms with Gasteiger partial charge in [-0.3, -0.25) is 0 Å². The molecule has 1 atom stereocenters. The predicted molar refractivity (Wildman–Crippen MR) is 303 cm³/mol. The first kappa shape index (κ1) is 45.2. The van der Waals surface area contributed by atoms with Crippen LogP contribution in [0.2, 0.25) is 0 Å². The molecule has 0 fully saturated rings. The number of anilines is 6. The maximum atomic E-state index is 9.87. The number of fused-ring (bicyclic) bond motifs is 7. The van der Waals surface area contributed by atoms with E-state index in [-0.39, 0.29) is 16.7 Å². The maximum Gasteiger partial charge on any atom is 0.0991 e. The summed E-state index contributed by atoms with van der Waals surface area (Å²) in [5, 5.41) is 22.2. The van der Waals surface area contributed by atoms with E-state index in [4.69, 9.17) is 0 Å². The van der Waals surface area contributed by atoms with Crippen LogP contribution in [0.25, 0.3) is 55.3 Å². The van der Waals surface area contributed by atoms with Gasteiger partial charge in [-0.25, -0.2) is 0 Å². The highest BCUT2D eigenvalue weighted by atomic mass is 15.1. The minimum Gasteiger partial charge on any atom is -0.311 e. The van der Waals surface area contributed by atoms with E-state index in [1.54, 1.807) is 0 Å². The van der Waals surface area contributed by atoms with Crippen LogP contribution in [0.5, 0.6) is 0 Å². The molecule has 10 aromatic carbocycles. The molecule has 0 saturated carbocycles. The van der Waals surface area contributed by atoms with Crippen molar-refractivity contribution in [3.05, 3.63) is 251 Å². The molecule has 2 aliphatic rings. The number of nitriles is 2. The summed E-state index contributed by atoms with van der Waals surface area (Å²) in [6, 6.07) is 81.4. The number of hydrogen-bond acceptors (Lipinski definition) is 4. The second-order valence-electron chi connectivity index (χ2n) is 21.6. The molecule has 1 unspecified atom stereocenters. The van der Waals surface area contributed by atoms with Crippen molar-refractivity contribution in [1.29, 1.82) is 10.5 Å². The minimum atomic E-state index is -0.0968. The van der Waals surface area contributed by atoms with Gasteiger partial charge < -0.3 is 9.80 Å². The summed E-state index contributed by atoms with van der Waals surface area (Å²) in [6.45, 7) is 13.5. The molecule has 0 heterocycles. The van der Waals surface area contributed by atoms with Gasteiger partial charge in [-0.05, 0) is 197 Å². The fourth-order valence-corrected chi connectivity index (χ4v) is 11.4. The third-order valence-corrected chi connectivity index (χ3v) is 15.1. The van der Waals surface area contributed by atoms with Crippen molar-refractivity contribution >= 4 is 44.9 Å². The van der Waals surface area contributed by atoms with Crippen LogP contribution in [-0.2, 0) is 10.8 Å². The van der Waals surface area contributed by atoms with E-state index < -0.39 is 0 Å². The standard InChI is InChI=1S/C69H54N4/c1-68(2,3)47-24-34-52(35-25-47)72(49-28-18-44(42-70)19-29-49)51-32-22-46(23-33-51)55-39-38-54(73(50-30-20-45(43-71)21-31-50)53-36-26-48(27-37-53)69(4,5)6)40-62(55)67-60-15-10-9-14-59(60)66-61-17-11-16-58-56-12-7-8-13-57(56)63(65(58)61)41-64(66)67/h7-41,67H,1-6H3. The van der Waals surface area contributed by atoms with Crippen LogP contribution >= 0.6 is 0 Å². The van der Waals surface area contributed by atoms with Crippen LogP contribution in [-0.4, -0.2) is 0 Å². The second kappa shape index (κ2) is 17.4. The molecule has 2 aliphatic carbocycles. The summed E-state index contributed by atoms with van der Waals surface area (Å²) >= 11 is 0. The summed E-state index contributed by atoms with van der Waals surface area (Å²) in [4.78, 5) is 4.60. The van der Waals surface area contributed by atoms with E-state index in [0.29, 0.717) is 11.1 Å². The zero-order chi connectivity index (χ0) is 50.2. The summed E-state index contributed by atoms with van der Waals surface area (Å²) in [5.74, 6) is -0.0968. The zero-order valence-corrected chi connectivity index (χ0v) is 42.1. The van der Waals surface area contributed by atoms with E-state index in [1.165, 1.54) is 72.0 Å². The topological polar surface area (TPSA) is 54.1 Å². The summed E-state index contributed by atoms with van der Waals surface area (Å²) in [7, 11) is 0. The Balaban J connectivity index is 1.07. The van der Waals surface area contributed by atoms with Gasteiger partial charge in [-0.15, -0.1) is 0 Å². The van der Waals surface area contributed by atoms with Gasteiger partial charge >= 0.3 is 0 Å². The Morgan fingerprint density at radius 2 is 0.795 bits per heavy atom. The number of rotatable bonds is 8. The van der Waals surface area contributed by atoms with E-state index >= 15 is 0 Å². The first-order chi connectivity index (χ1) is 35.4. The first-order valence-corrected chi connectivity index (χ1v) is 25.2. The van der Waals surface area contributed by atoms with Crippen molar-refractivity contribution in [2.45, 2.75) is 58.3 Å². The Hall–Kier alpha value is -8.96.